The molecule has 0 fully saturated rings. The van der Waals surface area contributed by atoms with Crippen molar-refractivity contribution in [3.63, 3.8) is 0 Å². The number of nitrogens with two attached hydrogens (primary N) is 2. The quantitative estimate of drug-likeness (QED) is 0.810. The summed E-state index contributed by atoms with van der Waals surface area (Å²) in [4.78, 5) is 0. The fraction of sp³-hybridized carbons (Fsp3) is 0.400. The molecule has 1 aromatic carbocycles. The first kappa shape index (κ1) is 15.2. The van der Waals surface area contributed by atoms with E-state index in [-0.39, 0.29) is 11.6 Å². The lowest BCUT2D eigenvalue weighted by Crippen LogP contribution is -2.07. The van der Waals surface area contributed by atoms with Crippen LogP contribution in [-0.4, -0.2) is 6.54 Å². The van der Waals surface area contributed by atoms with Crippen molar-refractivity contribution in [3.05, 3.63) is 34.3 Å². The van der Waals surface area contributed by atoms with Crippen molar-refractivity contribution >= 4 is 11.6 Å². The number of hydrogen-bond donors (Lipinski definition) is 2. The Morgan fingerprint density at radius 3 is 2.12 bits per heavy atom. The zero-order chi connectivity index (χ0) is 12.8. The molecule has 92 valence electrons. The zero-order valence-corrected chi connectivity index (χ0v) is 9.57. The van der Waals surface area contributed by atoms with Gasteiger partial charge in [0.25, 0.3) is 0 Å². The maximum absolute atomic E-state index is 12.2. The fourth-order valence-electron chi connectivity index (χ4n) is 0.907. The largest absolute Gasteiger partial charge is 0.416 e. The molecule has 0 spiro atoms. The Morgan fingerprint density at radius 1 is 1.25 bits per heavy atom. The van der Waals surface area contributed by atoms with Crippen molar-refractivity contribution in [3.8, 4) is 0 Å². The van der Waals surface area contributed by atoms with E-state index in [0.29, 0.717) is 5.56 Å². The summed E-state index contributed by atoms with van der Waals surface area (Å²) in [6.07, 6.45) is -4.34. The van der Waals surface area contributed by atoms with Crippen LogP contribution in [0.25, 0.3) is 0 Å². The van der Waals surface area contributed by atoms with Crippen molar-refractivity contribution in [1.82, 2.24) is 0 Å². The minimum absolute atomic E-state index is 0.00273. The van der Waals surface area contributed by atoms with Crippen LogP contribution in [0, 0.1) is 0 Å². The first-order valence-electron chi connectivity index (χ1n) is 4.62. The smallest absolute Gasteiger partial charge is 0.331 e. The van der Waals surface area contributed by atoms with E-state index in [2.05, 4.69) is 0 Å². The van der Waals surface area contributed by atoms with Gasteiger partial charge in [0.1, 0.15) is 0 Å². The summed E-state index contributed by atoms with van der Waals surface area (Å²) in [6.45, 7) is 2.66. The van der Waals surface area contributed by atoms with Gasteiger partial charge in [0.15, 0.2) is 0 Å². The molecular weight excluding hydrogens is 241 g/mol. The second-order valence-electron chi connectivity index (χ2n) is 2.92. The van der Waals surface area contributed by atoms with Crippen molar-refractivity contribution in [2.75, 3.05) is 6.54 Å². The van der Waals surface area contributed by atoms with Gasteiger partial charge in [-0.15, -0.1) is 0 Å². The number of rotatable bonds is 1. The molecule has 1 rings (SSSR count). The molecule has 0 aliphatic rings. The third-order valence-corrected chi connectivity index (χ3v) is 1.96. The van der Waals surface area contributed by atoms with Crippen LogP contribution in [-0.2, 0) is 12.7 Å². The molecule has 4 N–H and O–H groups in total. The third-order valence-electron chi connectivity index (χ3n) is 1.59. The fourth-order valence-corrected chi connectivity index (χ4v) is 1.10. The van der Waals surface area contributed by atoms with Crippen LogP contribution < -0.4 is 11.5 Å². The van der Waals surface area contributed by atoms with Crippen molar-refractivity contribution < 1.29 is 13.2 Å². The molecule has 0 bridgehead atoms. The van der Waals surface area contributed by atoms with E-state index in [4.69, 9.17) is 23.1 Å². The molecule has 0 heterocycles. The van der Waals surface area contributed by atoms with E-state index >= 15 is 0 Å². The lowest BCUT2D eigenvalue weighted by Gasteiger charge is -2.08. The molecule has 1 aromatic rings. The lowest BCUT2D eigenvalue weighted by molar-refractivity contribution is -0.137. The Hall–Kier alpha value is -0.780. The van der Waals surface area contributed by atoms with Gasteiger partial charge in [0.05, 0.1) is 5.56 Å². The molecule has 0 amide bonds. The van der Waals surface area contributed by atoms with Gasteiger partial charge in [-0.2, -0.15) is 13.2 Å². The van der Waals surface area contributed by atoms with Gasteiger partial charge in [-0.25, -0.2) is 0 Å². The number of benzene rings is 1. The summed E-state index contributed by atoms with van der Waals surface area (Å²) in [5, 5.41) is 0.260. The van der Waals surface area contributed by atoms with Gasteiger partial charge >= 0.3 is 6.18 Å². The molecule has 0 aliphatic carbocycles. The van der Waals surface area contributed by atoms with Crippen LogP contribution in [0.5, 0.6) is 0 Å². The second-order valence-corrected chi connectivity index (χ2v) is 3.32. The van der Waals surface area contributed by atoms with E-state index in [1.807, 2.05) is 6.92 Å². The van der Waals surface area contributed by atoms with Crippen molar-refractivity contribution in [2.24, 2.45) is 11.5 Å². The van der Waals surface area contributed by atoms with E-state index in [1.54, 1.807) is 0 Å². The van der Waals surface area contributed by atoms with Gasteiger partial charge < -0.3 is 11.5 Å². The Kier molecular flexibility index (Phi) is 6.40. The summed E-state index contributed by atoms with van der Waals surface area (Å²) in [7, 11) is 0. The monoisotopic (exact) mass is 254 g/mol. The van der Waals surface area contributed by atoms with Crippen molar-refractivity contribution in [2.45, 2.75) is 19.6 Å². The average molecular weight is 255 g/mol. The van der Waals surface area contributed by atoms with Gasteiger partial charge in [0, 0.05) is 11.6 Å². The van der Waals surface area contributed by atoms with Crippen LogP contribution >= 0.6 is 11.6 Å². The highest BCUT2D eigenvalue weighted by Crippen LogP contribution is 2.31. The lowest BCUT2D eigenvalue weighted by atomic mass is 10.1. The van der Waals surface area contributed by atoms with Crippen LogP contribution in [0.1, 0.15) is 18.1 Å². The van der Waals surface area contributed by atoms with Gasteiger partial charge in [-0.1, -0.05) is 18.5 Å². The molecular formula is C10H14ClF3N2. The molecule has 0 saturated carbocycles. The SMILES string of the molecule is CCN.NCc1cc(C(F)(F)F)ccc1Cl. The predicted molar refractivity (Wildman–Crippen MR) is 59.1 cm³/mol. The topological polar surface area (TPSA) is 52.0 Å². The molecule has 0 unspecified atom stereocenters. The molecule has 0 aliphatic heterocycles. The average Bonchev–Trinajstić information content (AvgIpc) is 2.18. The maximum Gasteiger partial charge on any atom is 0.416 e. The Morgan fingerprint density at radius 2 is 1.75 bits per heavy atom. The Labute approximate surface area is 97.4 Å². The Bertz CT molecular complexity index is 326. The van der Waals surface area contributed by atoms with E-state index in [9.17, 15) is 13.2 Å². The van der Waals surface area contributed by atoms with Crippen LogP contribution in [0.15, 0.2) is 18.2 Å². The molecule has 0 aromatic heterocycles. The van der Waals surface area contributed by atoms with Crippen LogP contribution in [0.3, 0.4) is 0 Å². The second kappa shape index (κ2) is 6.73. The van der Waals surface area contributed by atoms with Gasteiger partial charge in [0.2, 0.25) is 0 Å². The zero-order valence-electron chi connectivity index (χ0n) is 8.81. The number of halogens is 4. The van der Waals surface area contributed by atoms with E-state index in [0.717, 1.165) is 18.7 Å². The van der Waals surface area contributed by atoms with Crippen molar-refractivity contribution in [1.29, 1.82) is 0 Å². The molecule has 16 heavy (non-hydrogen) atoms. The highest BCUT2D eigenvalue weighted by atomic mass is 35.5. The first-order valence-corrected chi connectivity index (χ1v) is 5.00. The molecule has 2 nitrogen and oxygen atoms in total. The molecule has 0 saturated heterocycles. The maximum atomic E-state index is 12.2. The summed E-state index contributed by atoms with van der Waals surface area (Å²) in [5.41, 5.74) is 9.64. The molecule has 0 atom stereocenters. The summed E-state index contributed by atoms with van der Waals surface area (Å²) >= 11 is 5.60. The van der Waals surface area contributed by atoms with E-state index < -0.39 is 11.7 Å². The van der Waals surface area contributed by atoms with Gasteiger partial charge in [-0.05, 0) is 30.3 Å². The Balaban J connectivity index is 0.000000673. The minimum Gasteiger partial charge on any atom is -0.331 e. The number of hydrogen-bond acceptors (Lipinski definition) is 2. The summed E-state index contributed by atoms with van der Waals surface area (Å²) < 4.78 is 36.5. The standard InChI is InChI=1S/C8H7ClF3N.C2H7N/c9-7-2-1-6(8(10,11)12)3-5(7)4-13;1-2-3/h1-3H,4,13H2;2-3H2,1H3. The third kappa shape index (κ3) is 4.83. The van der Waals surface area contributed by atoms with Gasteiger partial charge in [-0.3, -0.25) is 0 Å². The summed E-state index contributed by atoms with van der Waals surface area (Å²) in [5.74, 6) is 0. The highest BCUT2D eigenvalue weighted by Gasteiger charge is 2.30. The molecule has 6 heteroatoms. The number of alkyl halides is 3. The molecule has 0 radical (unpaired) electrons. The van der Waals surface area contributed by atoms with E-state index in [1.165, 1.54) is 6.07 Å². The van der Waals surface area contributed by atoms with Crippen LogP contribution in [0.4, 0.5) is 13.2 Å². The highest BCUT2D eigenvalue weighted by molar-refractivity contribution is 6.31. The predicted octanol–water partition coefficient (Wildman–Crippen LogP) is 2.78. The summed E-state index contributed by atoms with van der Waals surface area (Å²) in [6, 6.07) is 3.09. The van der Waals surface area contributed by atoms with Crippen LogP contribution in [0.2, 0.25) is 5.02 Å². The first-order chi connectivity index (χ1) is 7.36. The minimum atomic E-state index is -4.34. The normalized spacial score (nSPS) is 10.7.